The van der Waals surface area contributed by atoms with Crippen molar-refractivity contribution >= 4 is 11.6 Å². The standard InChI is InChI=1S/C23H24ClNO2/c1-17-8-3-4-10-20(17)16-27-23-19(11-7-13-22(23)26-2)15-25-14-18-9-5-6-12-21(18)24/h3-13,25H,14-16H2,1-2H3. The van der Waals surface area contributed by atoms with Crippen LogP contribution in [0.3, 0.4) is 0 Å². The number of benzene rings is 3. The monoisotopic (exact) mass is 381 g/mol. The highest BCUT2D eigenvalue weighted by Gasteiger charge is 2.11. The van der Waals surface area contributed by atoms with E-state index in [9.17, 15) is 0 Å². The minimum absolute atomic E-state index is 0.505. The van der Waals surface area contributed by atoms with Gasteiger partial charge >= 0.3 is 0 Å². The normalized spacial score (nSPS) is 10.6. The molecule has 0 radical (unpaired) electrons. The Morgan fingerprint density at radius 2 is 1.48 bits per heavy atom. The second-order valence-corrected chi connectivity index (χ2v) is 6.77. The SMILES string of the molecule is COc1cccc(CNCc2ccccc2Cl)c1OCc1ccccc1C. The zero-order valence-corrected chi connectivity index (χ0v) is 16.4. The van der Waals surface area contributed by atoms with Gasteiger partial charge in [-0.3, -0.25) is 0 Å². The Labute approximate surface area is 165 Å². The van der Waals surface area contributed by atoms with Gasteiger partial charge in [-0.1, -0.05) is 66.2 Å². The third-order valence-corrected chi connectivity index (χ3v) is 4.87. The molecule has 3 aromatic rings. The molecule has 4 heteroatoms. The van der Waals surface area contributed by atoms with Crippen molar-refractivity contribution in [1.82, 2.24) is 5.32 Å². The number of ether oxygens (including phenoxy) is 2. The topological polar surface area (TPSA) is 30.5 Å². The van der Waals surface area contributed by atoms with E-state index in [1.807, 2.05) is 48.5 Å². The van der Waals surface area contributed by atoms with Crippen molar-refractivity contribution in [2.24, 2.45) is 0 Å². The van der Waals surface area contributed by atoms with Gasteiger partial charge in [0.15, 0.2) is 11.5 Å². The van der Waals surface area contributed by atoms with Crippen LogP contribution in [0.15, 0.2) is 66.7 Å². The molecule has 0 spiro atoms. The highest BCUT2D eigenvalue weighted by molar-refractivity contribution is 6.31. The van der Waals surface area contributed by atoms with Gasteiger partial charge < -0.3 is 14.8 Å². The summed E-state index contributed by atoms with van der Waals surface area (Å²) in [7, 11) is 1.66. The van der Waals surface area contributed by atoms with Crippen molar-refractivity contribution in [3.63, 3.8) is 0 Å². The predicted octanol–water partition coefficient (Wildman–Crippen LogP) is 5.53. The Balaban J connectivity index is 1.71. The Morgan fingerprint density at radius 1 is 0.815 bits per heavy atom. The van der Waals surface area contributed by atoms with E-state index >= 15 is 0 Å². The van der Waals surface area contributed by atoms with Crippen molar-refractivity contribution < 1.29 is 9.47 Å². The first kappa shape index (κ1) is 19.3. The molecule has 0 aliphatic rings. The van der Waals surface area contributed by atoms with Gasteiger partial charge in [0.05, 0.1) is 7.11 Å². The molecule has 3 rings (SSSR count). The molecule has 0 fully saturated rings. The first-order chi connectivity index (χ1) is 13.2. The van der Waals surface area contributed by atoms with E-state index in [0.29, 0.717) is 19.7 Å². The lowest BCUT2D eigenvalue weighted by Crippen LogP contribution is -2.14. The van der Waals surface area contributed by atoms with Crippen molar-refractivity contribution in [2.75, 3.05) is 7.11 Å². The van der Waals surface area contributed by atoms with E-state index in [1.54, 1.807) is 7.11 Å². The molecule has 27 heavy (non-hydrogen) atoms. The smallest absolute Gasteiger partial charge is 0.166 e. The fourth-order valence-electron chi connectivity index (χ4n) is 2.92. The molecule has 0 heterocycles. The van der Waals surface area contributed by atoms with E-state index in [4.69, 9.17) is 21.1 Å². The molecule has 0 atom stereocenters. The van der Waals surface area contributed by atoms with Crippen LogP contribution in [0.25, 0.3) is 0 Å². The molecule has 0 bridgehead atoms. The Hall–Kier alpha value is -2.49. The van der Waals surface area contributed by atoms with Gasteiger partial charge in [0.25, 0.3) is 0 Å². The summed E-state index contributed by atoms with van der Waals surface area (Å²) in [6, 6.07) is 22.0. The van der Waals surface area contributed by atoms with Crippen LogP contribution in [0.1, 0.15) is 22.3 Å². The number of rotatable bonds is 8. The Bertz CT molecular complexity index is 895. The summed E-state index contributed by atoms with van der Waals surface area (Å²) in [6.07, 6.45) is 0. The number of aryl methyl sites for hydroxylation is 1. The van der Waals surface area contributed by atoms with Crippen LogP contribution < -0.4 is 14.8 Å². The van der Waals surface area contributed by atoms with E-state index in [0.717, 1.165) is 27.6 Å². The number of hydrogen-bond acceptors (Lipinski definition) is 3. The van der Waals surface area contributed by atoms with Crippen LogP contribution in [0.4, 0.5) is 0 Å². The van der Waals surface area contributed by atoms with Gasteiger partial charge in [-0.2, -0.15) is 0 Å². The second-order valence-electron chi connectivity index (χ2n) is 6.36. The molecule has 1 N–H and O–H groups in total. The van der Waals surface area contributed by atoms with Crippen LogP contribution >= 0.6 is 11.6 Å². The van der Waals surface area contributed by atoms with E-state index in [-0.39, 0.29) is 0 Å². The lowest BCUT2D eigenvalue weighted by Gasteiger charge is -2.16. The second kappa shape index (κ2) is 9.45. The fraction of sp³-hybridized carbons (Fsp3) is 0.217. The van der Waals surface area contributed by atoms with Crippen LogP contribution in [-0.4, -0.2) is 7.11 Å². The van der Waals surface area contributed by atoms with Gasteiger partial charge in [-0.15, -0.1) is 0 Å². The lowest BCUT2D eigenvalue weighted by molar-refractivity contribution is 0.280. The van der Waals surface area contributed by atoms with Gasteiger partial charge in [-0.05, 0) is 35.7 Å². The maximum Gasteiger partial charge on any atom is 0.166 e. The van der Waals surface area contributed by atoms with Crippen LogP contribution in [0.5, 0.6) is 11.5 Å². The fourth-order valence-corrected chi connectivity index (χ4v) is 3.12. The number of methoxy groups -OCH3 is 1. The third kappa shape index (κ3) is 5.03. The van der Waals surface area contributed by atoms with Gasteiger partial charge in [0.2, 0.25) is 0 Å². The first-order valence-electron chi connectivity index (χ1n) is 8.96. The molecule has 0 saturated heterocycles. The van der Waals surface area contributed by atoms with Gasteiger partial charge in [0, 0.05) is 23.7 Å². The maximum atomic E-state index is 6.23. The van der Waals surface area contributed by atoms with Crippen molar-refractivity contribution in [3.05, 3.63) is 94.0 Å². The molecule has 0 aliphatic carbocycles. The van der Waals surface area contributed by atoms with E-state index < -0.39 is 0 Å². The molecule has 0 aromatic heterocycles. The van der Waals surface area contributed by atoms with Crippen LogP contribution in [-0.2, 0) is 19.7 Å². The van der Waals surface area contributed by atoms with Crippen molar-refractivity contribution in [1.29, 1.82) is 0 Å². The average Bonchev–Trinajstić information content (AvgIpc) is 2.69. The summed E-state index contributed by atoms with van der Waals surface area (Å²) in [4.78, 5) is 0. The number of nitrogens with one attached hydrogen (secondary N) is 1. The zero-order chi connectivity index (χ0) is 19.1. The molecule has 140 valence electrons. The summed E-state index contributed by atoms with van der Waals surface area (Å²) < 4.78 is 11.7. The van der Waals surface area contributed by atoms with Crippen molar-refractivity contribution in [2.45, 2.75) is 26.6 Å². The summed E-state index contributed by atoms with van der Waals surface area (Å²) in [6.45, 7) is 3.94. The van der Waals surface area contributed by atoms with Gasteiger partial charge in [-0.25, -0.2) is 0 Å². The van der Waals surface area contributed by atoms with E-state index in [2.05, 4.69) is 30.4 Å². The quantitative estimate of drug-likeness (QED) is 0.556. The summed E-state index contributed by atoms with van der Waals surface area (Å²) in [5.41, 5.74) is 4.50. The maximum absolute atomic E-state index is 6.23. The molecule has 3 aromatic carbocycles. The highest BCUT2D eigenvalue weighted by atomic mass is 35.5. The lowest BCUT2D eigenvalue weighted by atomic mass is 10.1. The van der Waals surface area contributed by atoms with Crippen LogP contribution in [0, 0.1) is 6.92 Å². The molecule has 0 aliphatic heterocycles. The molecule has 0 saturated carbocycles. The number of halogens is 1. The molecule has 0 amide bonds. The Morgan fingerprint density at radius 3 is 2.22 bits per heavy atom. The molecular weight excluding hydrogens is 358 g/mol. The number of hydrogen-bond donors (Lipinski definition) is 1. The predicted molar refractivity (Wildman–Crippen MR) is 111 cm³/mol. The molecule has 3 nitrogen and oxygen atoms in total. The summed E-state index contributed by atoms with van der Waals surface area (Å²) in [5, 5.41) is 4.21. The largest absolute Gasteiger partial charge is 0.493 e. The highest BCUT2D eigenvalue weighted by Crippen LogP contribution is 2.32. The first-order valence-corrected chi connectivity index (χ1v) is 9.34. The summed E-state index contributed by atoms with van der Waals surface area (Å²) in [5.74, 6) is 1.51. The zero-order valence-electron chi connectivity index (χ0n) is 15.7. The number of para-hydroxylation sites is 1. The van der Waals surface area contributed by atoms with E-state index in [1.165, 1.54) is 11.1 Å². The van der Waals surface area contributed by atoms with Crippen LogP contribution in [0.2, 0.25) is 5.02 Å². The Kier molecular flexibility index (Phi) is 6.74. The molecule has 0 unspecified atom stereocenters. The van der Waals surface area contributed by atoms with Gasteiger partial charge in [0.1, 0.15) is 6.61 Å². The minimum atomic E-state index is 0.505. The summed E-state index contributed by atoms with van der Waals surface area (Å²) >= 11 is 6.23. The third-order valence-electron chi connectivity index (χ3n) is 4.50. The average molecular weight is 382 g/mol. The van der Waals surface area contributed by atoms with Crippen molar-refractivity contribution in [3.8, 4) is 11.5 Å². The molecular formula is C23H24ClNO2. The minimum Gasteiger partial charge on any atom is -0.493 e.